The topological polar surface area (TPSA) is 50.1 Å². The first-order chi connectivity index (χ1) is 8.63. The summed E-state index contributed by atoms with van der Waals surface area (Å²) in [5.74, 6) is 0.0815. The van der Waals surface area contributed by atoms with Crippen molar-refractivity contribution in [2.45, 2.75) is 38.9 Å². The monoisotopic (exact) mass is 243 g/mol. The molecule has 0 saturated heterocycles. The molecule has 0 atom stereocenters. The normalized spacial score (nSPS) is 26.1. The van der Waals surface area contributed by atoms with Gasteiger partial charge in [-0.2, -0.15) is 5.26 Å². The van der Waals surface area contributed by atoms with Gasteiger partial charge in [-0.25, -0.2) is 0 Å². The minimum Gasteiger partial charge on any atom is -0.373 e. The quantitative estimate of drug-likeness (QED) is 0.799. The molecule has 1 aromatic rings. The molecule has 1 aromatic carbocycles. The van der Waals surface area contributed by atoms with Crippen molar-refractivity contribution in [2.75, 3.05) is 0 Å². The first-order valence-electron chi connectivity index (χ1n) is 6.20. The molecule has 18 heavy (non-hydrogen) atoms. The zero-order chi connectivity index (χ0) is 13.0. The predicted molar refractivity (Wildman–Crippen MR) is 67.6 cm³/mol. The molecule has 2 rings (SSSR count). The van der Waals surface area contributed by atoms with Crippen molar-refractivity contribution in [2.24, 2.45) is 5.41 Å². The first kappa shape index (κ1) is 12.8. The van der Waals surface area contributed by atoms with Gasteiger partial charge in [0, 0.05) is 6.42 Å². The van der Waals surface area contributed by atoms with Crippen LogP contribution in [0, 0.1) is 16.7 Å². The average Bonchev–Trinajstić information content (AvgIpc) is 2.32. The van der Waals surface area contributed by atoms with Crippen LogP contribution in [0.5, 0.6) is 0 Å². The molecule has 3 nitrogen and oxygen atoms in total. The Morgan fingerprint density at radius 1 is 1.44 bits per heavy atom. The molecular weight excluding hydrogens is 226 g/mol. The number of Topliss-reactive ketones (excluding diaryl/α,β-unsaturated/α-hetero) is 1. The molecule has 0 N–H and O–H groups in total. The summed E-state index contributed by atoms with van der Waals surface area (Å²) in [6, 6.07) is 12.2. The van der Waals surface area contributed by atoms with Gasteiger partial charge in [-0.3, -0.25) is 4.79 Å². The molecule has 1 aliphatic rings. The van der Waals surface area contributed by atoms with Crippen LogP contribution in [0.4, 0.5) is 0 Å². The van der Waals surface area contributed by atoms with Crippen molar-refractivity contribution < 1.29 is 9.53 Å². The summed E-state index contributed by atoms with van der Waals surface area (Å²) in [6.45, 7) is 2.12. The third-order valence-electron chi connectivity index (χ3n) is 3.39. The van der Waals surface area contributed by atoms with E-state index in [0.717, 1.165) is 5.56 Å². The summed E-state index contributed by atoms with van der Waals surface area (Å²) < 4.78 is 5.74. The summed E-state index contributed by atoms with van der Waals surface area (Å²) >= 11 is 0. The Balaban J connectivity index is 1.79. The van der Waals surface area contributed by atoms with E-state index in [1.54, 1.807) is 0 Å². The van der Waals surface area contributed by atoms with Crippen LogP contribution in [0.25, 0.3) is 0 Å². The molecule has 0 aromatic heterocycles. The van der Waals surface area contributed by atoms with Crippen molar-refractivity contribution >= 4 is 5.78 Å². The highest BCUT2D eigenvalue weighted by atomic mass is 16.5. The maximum atomic E-state index is 11.1. The fraction of sp³-hybridized carbons (Fsp3) is 0.467. The SMILES string of the molecule is CC(=O)CC1(C#N)CC(OCc2ccccc2)C1. The fourth-order valence-corrected chi connectivity index (χ4v) is 2.47. The van der Waals surface area contributed by atoms with Crippen LogP contribution in [-0.2, 0) is 16.1 Å². The second-order valence-corrected chi connectivity index (χ2v) is 5.10. The van der Waals surface area contributed by atoms with Crippen molar-refractivity contribution in [1.29, 1.82) is 5.26 Å². The second kappa shape index (κ2) is 5.32. The van der Waals surface area contributed by atoms with Gasteiger partial charge in [-0.05, 0) is 25.3 Å². The average molecular weight is 243 g/mol. The van der Waals surface area contributed by atoms with Crippen LogP contribution >= 0.6 is 0 Å². The summed E-state index contributed by atoms with van der Waals surface area (Å²) in [6.07, 6.45) is 1.82. The molecule has 1 aliphatic carbocycles. The van der Waals surface area contributed by atoms with Gasteiger partial charge in [0.2, 0.25) is 0 Å². The number of hydrogen-bond acceptors (Lipinski definition) is 3. The van der Waals surface area contributed by atoms with E-state index >= 15 is 0 Å². The fourth-order valence-electron chi connectivity index (χ4n) is 2.47. The number of nitriles is 1. The Labute approximate surface area is 107 Å². The highest BCUT2D eigenvalue weighted by Crippen LogP contribution is 2.45. The minimum atomic E-state index is -0.465. The van der Waals surface area contributed by atoms with E-state index in [0.29, 0.717) is 25.9 Å². The maximum Gasteiger partial charge on any atom is 0.131 e. The number of nitrogens with zero attached hydrogens (tertiary/aromatic N) is 1. The Morgan fingerprint density at radius 2 is 2.11 bits per heavy atom. The molecule has 94 valence electrons. The Morgan fingerprint density at radius 3 is 2.67 bits per heavy atom. The minimum absolute atomic E-state index is 0.0815. The van der Waals surface area contributed by atoms with Crippen LogP contribution in [-0.4, -0.2) is 11.9 Å². The van der Waals surface area contributed by atoms with E-state index in [1.165, 1.54) is 6.92 Å². The summed E-state index contributed by atoms with van der Waals surface area (Å²) in [5.41, 5.74) is 0.672. The third kappa shape index (κ3) is 2.96. The highest BCUT2D eigenvalue weighted by Gasteiger charge is 2.46. The lowest BCUT2D eigenvalue weighted by atomic mass is 9.65. The number of carbonyl (C=O) groups excluding carboxylic acids is 1. The van der Waals surface area contributed by atoms with Crippen molar-refractivity contribution in [3.63, 3.8) is 0 Å². The van der Waals surface area contributed by atoms with Crippen LogP contribution in [0.2, 0.25) is 0 Å². The predicted octanol–water partition coefficient (Wildman–Crippen LogP) is 2.85. The van der Waals surface area contributed by atoms with E-state index < -0.39 is 5.41 Å². The smallest absolute Gasteiger partial charge is 0.131 e. The Bertz CT molecular complexity index is 455. The van der Waals surface area contributed by atoms with Gasteiger partial charge in [-0.1, -0.05) is 30.3 Å². The van der Waals surface area contributed by atoms with Crippen molar-refractivity contribution in [3.05, 3.63) is 35.9 Å². The van der Waals surface area contributed by atoms with Crippen LogP contribution in [0.1, 0.15) is 31.7 Å². The molecule has 0 heterocycles. The van der Waals surface area contributed by atoms with Gasteiger partial charge in [0.05, 0.1) is 24.2 Å². The molecule has 0 unspecified atom stereocenters. The molecule has 0 aliphatic heterocycles. The lowest BCUT2D eigenvalue weighted by molar-refractivity contribution is -0.123. The number of carbonyl (C=O) groups is 1. The first-order valence-corrected chi connectivity index (χ1v) is 6.20. The third-order valence-corrected chi connectivity index (χ3v) is 3.39. The van der Waals surface area contributed by atoms with Crippen LogP contribution in [0.15, 0.2) is 30.3 Å². The van der Waals surface area contributed by atoms with Gasteiger partial charge < -0.3 is 4.74 Å². The zero-order valence-electron chi connectivity index (χ0n) is 10.6. The molecule has 0 amide bonds. The van der Waals surface area contributed by atoms with E-state index in [-0.39, 0.29) is 11.9 Å². The summed E-state index contributed by atoms with van der Waals surface area (Å²) in [7, 11) is 0. The number of ketones is 1. The van der Waals surface area contributed by atoms with Crippen molar-refractivity contribution in [3.8, 4) is 6.07 Å². The molecule has 0 spiro atoms. The van der Waals surface area contributed by atoms with Gasteiger partial charge in [0.15, 0.2) is 0 Å². The van der Waals surface area contributed by atoms with Crippen LogP contribution < -0.4 is 0 Å². The second-order valence-electron chi connectivity index (χ2n) is 5.10. The lowest BCUT2D eigenvalue weighted by Gasteiger charge is -2.41. The van der Waals surface area contributed by atoms with E-state index in [9.17, 15) is 4.79 Å². The Hall–Kier alpha value is -1.66. The van der Waals surface area contributed by atoms with Gasteiger partial charge in [0.25, 0.3) is 0 Å². The van der Waals surface area contributed by atoms with Gasteiger partial charge in [0.1, 0.15) is 5.78 Å². The van der Waals surface area contributed by atoms with E-state index in [2.05, 4.69) is 6.07 Å². The molecular formula is C15H17NO2. The lowest BCUT2D eigenvalue weighted by Crippen LogP contribution is -2.42. The molecule has 3 heteroatoms. The number of hydrogen-bond donors (Lipinski definition) is 0. The number of rotatable bonds is 5. The molecule has 1 fully saturated rings. The molecule has 1 saturated carbocycles. The van der Waals surface area contributed by atoms with Gasteiger partial charge in [-0.15, -0.1) is 0 Å². The molecule has 0 bridgehead atoms. The zero-order valence-corrected chi connectivity index (χ0v) is 10.6. The van der Waals surface area contributed by atoms with Crippen molar-refractivity contribution in [1.82, 2.24) is 0 Å². The van der Waals surface area contributed by atoms with Crippen LogP contribution in [0.3, 0.4) is 0 Å². The number of ether oxygens (including phenoxy) is 1. The summed E-state index contributed by atoms with van der Waals surface area (Å²) in [5, 5.41) is 9.13. The van der Waals surface area contributed by atoms with E-state index in [1.807, 2.05) is 30.3 Å². The Kier molecular flexibility index (Phi) is 3.78. The maximum absolute atomic E-state index is 11.1. The highest BCUT2D eigenvalue weighted by molar-refractivity contribution is 5.76. The van der Waals surface area contributed by atoms with Gasteiger partial charge >= 0.3 is 0 Å². The standard InChI is InChI=1S/C15H17NO2/c1-12(17)7-15(11-16)8-14(9-15)18-10-13-5-3-2-4-6-13/h2-6,14H,7-10H2,1H3. The summed E-state index contributed by atoms with van der Waals surface area (Å²) in [4.78, 5) is 11.1. The number of benzene rings is 1. The van der Waals surface area contributed by atoms with E-state index in [4.69, 9.17) is 10.00 Å². The largest absolute Gasteiger partial charge is 0.373 e. The molecule has 0 radical (unpaired) electrons.